The number of carbonyl (C=O) groups excluding carboxylic acids is 2. The molecular formula is C33H36N4O5S. The van der Waals surface area contributed by atoms with Gasteiger partial charge >= 0.3 is 0 Å². The van der Waals surface area contributed by atoms with Gasteiger partial charge in [0.25, 0.3) is 0 Å². The Hall–Kier alpha value is -4.28. The Labute approximate surface area is 256 Å². The third-order valence-electron chi connectivity index (χ3n) is 7.37. The molecule has 0 spiro atoms. The number of carbonyl (C=O) groups is 2. The fraction of sp³-hybridized carbons (Fsp3) is 0.303. The van der Waals surface area contributed by atoms with Gasteiger partial charge < -0.3 is 19.5 Å². The Morgan fingerprint density at radius 1 is 1.02 bits per heavy atom. The average Bonchev–Trinajstić information content (AvgIpc) is 3.33. The molecule has 4 aromatic rings. The Bertz CT molecular complexity index is 1620. The normalized spacial score (nSPS) is 14.7. The zero-order chi connectivity index (χ0) is 30.5. The molecule has 0 saturated carbocycles. The highest BCUT2D eigenvalue weighted by molar-refractivity contribution is 8.00. The van der Waals surface area contributed by atoms with Crippen LogP contribution in [0.25, 0.3) is 16.9 Å². The van der Waals surface area contributed by atoms with Crippen molar-refractivity contribution in [2.24, 2.45) is 0 Å². The molecule has 1 atom stereocenters. The van der Waals surface area contributed by atoms with E-state index in [1.807, 2.05) is 79.2 Å². The number of nitrogens with one attached hydrogen (secondary N) is 1. The van der Waals surface area contributed by atoms with Gasteiger partial charge in [0, 0.05) is 30.3 Å². The lowest BCUT2D eigenvalue weighted by Gasteiger charge is -2.24. The molecule has 43 heavy (non-hydrogen) atoms. The summed E-state index contributed by atoms with van der Waals surface area (Å²) in [4.78, 5) is 28.7. The van der Waals surface area contributed by atoms with Crippen LogP contribution < -0.4 is 19.7 Å². The number of thioether (sulfide) groups is 1. The number of hydrogen-bond donors (Lipinski definition) is 1. The molecule has 224 valence electrons. The summed E-state index contributed by atoms with van der Waals surface area (Å²) < 4.78 is 18.3. The van der Waals surface area contributed by atoms with Gasteiger partial charge in [-0.2, -0.15) is 5.10 Å². The van der Waals surface area contributed by atoms with Crippen molar-refractivity contribution in [3.8, 4) is 28.4 Å². The second kappa shape index (κ2) is 13.4. The van der Waals surface area contributed by atoms with Crippen LogP contribution in [0.15, 0.2) is 66.7 Å². The van der Waals surface area contributed by atoms with Gasteiger partial charge in [0.2, 0.25) is 11.8 Å². The topological polar surface area (TPSA) is 94.9 Å². The molecular weight excluding hydrogens is 564 g/mol. The highest BCUT2D eigenvalue weighted by Gasteiger charge is 2.39. The highest BCUT2D eigenvalue weighted by atomic mass is 32.2. The van der Waals surface area contributed by atoms with E-state index in [1.165, 1.54) is 11.8 Å². The quantitative estimate of drug-likeness (QED) is 0.253. The third-order valence-corrected chi connectivity index (χ3v) is 8.60. The molecule has 0 aliphatic carbocycles. The van der Waals surface area contributed by atoms with E-state index >= 15 is 0 Å². The molecule has 1 aromatic heterocycles. The minimum absolute atomic E-state index is 0.145. The van der Waals surface area contributed by atoms with Gasteiger partial charge in [-0.1, -0.05) is 48.0 Å². The number of hydrogen-bond acceptors (Lipinski definition) is 7. The lowest BCUT2D eigenvalue weighted by molar-refractivity contribution is -0.123. The molecule has 0 saturated heterocycles. The van der Waals surface area contributed by atoms with Crippen molar-refractivity contribution in [2.45, 2.75) is 19.1 Å². The summed E-state index contributed by atoms with van der Waals surface area (Å²) in [6.45, 7) is 4.61. The van der Waals surface area contributed by atoms with Crippen molar-refractivity contribution in [3.05, 3.63) is 89.0 Å². The summed E-state index contributed by atoms with van der Waals surface area (Å²) in [5, 5.41) is 7.70. The number of ether oxygens (including phenoxy) is 3. The Morgan fingerprint density at radius 3 is 2.51 bits per heavy atom. The minimum atomic E-state index is -0.361. The zero-order valence-corrected chi connectivity index (χ0v) is 25.9. The van der Waals surface area contributed by atoms with Gasteiger partial charge in [-0.25, -0.2) is 4.68 Å². The van der Waals surface area contributed by atoms with E-state index in [0.717, 1.165) is 39.2 Å². The van der Waals surface area contributed by atoms with E-state index in [1.54, 1.807) is 26.2 Å². The Morgan fingerprint density at radius 2 is 1.81 bits per heavy atom. The second-order valence-corrected chi connectivity index (χ2v) is 11.4. The van der Waals surface area contributed by atoms with Crippen LogP contribution in [0.4, 0.5) is 5.82 Å². The molecule has 0 bridgehead atoms. The maximum atomic E-state index is 14.0. The minimum Gasteiger partial charge on any atom is -0.497 e. The van der Waals surface area contributed by atoms with Crippen LogP contribution in [-0.4, -0.2) is 68.4 Å². The average molecular weight is 601 g/mol. The van der Waals surface area contributed by atoms with E-state index in [0.29, 0.717) is 30.5 Å². The molecule has 10 heteroatoms. The molecule has 9 nitrogen and oxygen atoms in total. The van der Waals surface area contributed by atoms with Gasteiger partial charge in [-0.15, -0.1) is 11.8 Å². The first-order valence-corrected chi connectivity index (χ1v) is 15.1. The lowest BCUT2D eigenvalue weighted by Crippen LogP contribution is -2.43. The molecule has 0 unspecified atom stereocenters. The van der Waals surface area contributed by atoms with Crippen LogP contribution >= 0.6 is 11.8 Å². The molecule has 1 aliphatic heterocycles. The van der Waals surface area contributed by atoms with Crippen molar-refractivity contribution in [1.82, 2.24) is 15.1 Å². The summed E-state index contributed by atoms with van der Waals surface area (Å²) in [5.74, 6) is 1.56. The summed E-state index contributed by atoms with van der Waals surface area (Å²) in [5.41, 5.74) is 6.22. The number of aromatic nitrogens is 2. The van der Waals surface area contributed by atoms with E-state index in [9.17, 15) is 9.59 Å². The number of methoxy groups -OCH3 is 3. The molecule has 0 radical (unpaired) electrons. The summed E-state index contributed by atoms with van der Waals surface area (Å²) in [7, 11) is 4.83. The van der Waals surface area contributed by atoms with E-state index in [4.69, 9.17) is 19.3 Å². The van der Waals surface area contributed by atoms with Crippen molar-refractivity contribution in [2.75, 3.05) is 51.7 Å². The van der Waals surface area contributed by atoms with E-state index in [2.05, 4.69) is 11.4 Å². The van der Waals surface area contributed by atoms with Crippen molar-refractivity contribution in [3.63, 3.8) is 0 Å². The number of anilines is 1. The van der Waals surface area contributed by atoms with Crippen molar-refractivity contribution < 1.29 is 23.8 Å². The van der Waals surface area contributed by atoms with Gasteiger partial charge in [0.15, 0.2) is 0 Å². The van der Waals surface area contributed by atoms with Crippen LogP contribution in [0.3, 0.4) is 0 Å². The van der Waals surface area contributed by atoms with Crippen LogP contribution in [-0.2, 0) is 14.3 Å². The fourth-order valence-electron chi connectivity index (χ4n) is 5.32. The largest absolute Gasteiger partial charge is 0.497 e. The van der Waals surface area contributed by atoms with Gasteiger partial charge in [-0.05, 0) is 43.7 Å². The number of fused-ring (bicyclic) bond motifs is 1. The molecule has 5 rings (SSSR count). The summed E-state index contributed by atoms with van der Waals surface area (Å²) in [6.07, 6.45) is 0. The maximum absolute atomic E-state index is 14.0. The fourth-order valence-corrected chi connectivity index (χ4v) is 6.53. The molecule has 2 heterocycles. The van der Waals surface area contributed by atoms with Gasteiger partial charge in [0.1, 0.15) is 23.9 Å². The molecule has 2 amide bonds. The molecule has 3 aromatic carbocycles. The van der Waals surface area contributed by atoms with Crippen LogP contribution in [0, 0.1) is 13.8 Å². The van der Waals surface area contributed by atoms with Gasteiger partial charge in [-0.3, -0.25) is 14.5 Å². The Kier molecular flexibility index (Phi) is 9.37. The van der Waals surface area contributed by atoms with Crippen molar-refractivity contribution >= 4 is 29.4 Å². The lowest BCUT2D eigenvalue weighted by atomic mass is 9.98. The standard InChI is InChI=1S/C33H36N4O5S/c1-21-11-13-26(22(2)17-21)37-33-30(31(35-37)23-9-7-6-8-10-23)32(25-18-24(41-4)12-14-27(25)42-5)43-20-29(39)36(33)19-28(38)34-15-16-40-3/h6-14,17-18,32H,15-16,19-20H2,1-5H3,(H,34,38)/t32-/m0/s1. The number of amides is 2. The first kappa shape index (κ1) is 30.2. The molecule has 1 aliphatic rings. The third kappa shape index (κ3) is 6.25. The maximum Gasteiger partial charge on any atom is 0.240 e. The Balaban J connectivity index is 1.81. The van der Waals surface area contributed by atoms with Crippen LogP contribution in [0.1, 0.15) is 27.5 Å². The summed E-state index contributed by atoms with van der Waals surface area (Å²) in [6, 6.07) is 21.7. The monoisotopic (exact) mass is 600 g/mol. The highest BCUT2D eigenvalue weighted by Crippen LogP contribution is 2.51. The molecule has 0 fully saturated rings. The number of aryl methyl sites for hydroxylation is 2. The number of benzene rings is 3. The van der Waals surface area contributed by atoms with E-state index in [-0.39, 0.29) is 29.4 Å². The SMILES string of the molecule is COCCNC(=O)CN1C(=O)CS[C@@H](c2cc(OC)ccc2OC)c2c(-c3ccccc3)nn(-c3ccc(C)cc3C)c21. The first-order chi connectivity index (χ1) is 20.9. The zero-order valence-electron chi connectivity index (χ0n) is 25.0. The first-order valence-electron chi connectivity index (χ1n) is 14.0. The van der Waals surface area contributed by atoms with Gasteiger partial charge in [0.05, 0.1) is 43.2 Å². The smallest absolute Gasteiger partial charge is 0.240 e. The predicted octanol–water partition coefficient (Wildman–Crippen LogP) is 5.11. The van der Waals surface area contributed by atoms with Crippen LogP contribution in [0.2, 0.25) is 0 Å². The van der Waals surface area contributed by atoms with E-state index < -0.39 is 0 Å². The summed E-state index contributed by atoms with van der Waals surface area (Å²) >= 11 is 1.48. The van der Waals surface area contributed by atoms with Crippen molar-refractivity contribution in [1.29, 1.82) is 0 Å². The predicted molar refractivity (Wildman–Crippen MR) is 170 cm³/mol. The number of rotatable bonds is 10. The molecule has 1 N–H and O–H groups in total. The second-order valence-electron chi connectivity index (χ2n) is 10.3. The number of nitrogens with zero attached hydrogens (tertiary/aromatic N) is 3. The van der Waals surface area contributed by atoms with Crippen LogP contribution in [0.5, 0.6) is 11.5 Å².